The predicted octanol–water partition coefficient (Wildman–Crippen LogP) is 4.55. The molecule has 1 aliphatic heterocycles. The lowest BCUT2D eigenvalue weighted by Crippen LogP contribution is -2.19. The third kappa shape index (κ3) is 4.79. The summed E-state index contributed by atoms with van der Waals surface area (Å²) in [4.78, 5) is 24.9. The van der Waals surface area contributed by atoms with Crippen LogP contribution in [0.5, 0.6) is 5.75 Å². The van der Waals surface area contributed by atoms with Gasteiger partial charge in [0.2, 0.25) is 5.91 Å². The molecule has 0 radical (unpaired) electrons. The van der Waals surface area contributed by atoms with Gasteiger partial charge in [0.05, 0.1) is 18.0 Å². The first-order chi connectivity index (χ1) is 12.7. The number of amides is 2. The summed E-state index contributed by atoms with van der Waals surface area (Å²) < 4.78 is 5.66. The molecule has 2 aromatic rings. The first-order valence-corrected chi connectivity index (χ1v) is 9.75. The molecule has 2 N–H and O–H groups in total. The fourth-order valence-electron chi connectivity index (χ4n) is 2.61. The molecule has 0 fully saturated rings. The molecule has 136 valence electrons. The molecule has 0 saturated heterocycles. The Labute approximate surface area is 157 Å². The lowest BCUT2D eigenvalue weighted by molar-refractivity contribution is -0.113. The molecule has 0 aromatic heterocycles. The van der Waals surface area contributed by atoms with E-state index < -0.39 is 0 Å². The monoisotopic (exact) mass is 370 g/mol. The van der Waals surface area contributed by atoms with E-state index in [9.17, 15) is 9.59 Å². The Morgan fingerprint density at radius 1 is 1.19 bits per heavy atom. The highest BCUT2D eigenvalue weighted by atomic mass is 32.2. The Kier molecular flexibility index (Phi) is 6.17. The summed E-state index contributed by atoms with van der Waals surface area (Å²) in [5, 5.41) is 5.68. The molecule has 1 heterocycles. The number of fused-ring (bicyclic) bond motifs is 1. The maximum absolute atomic E-state index is 12.4. The molecule has 1 aliphatic rings. The molecule has 0 atom stereocenters. The molecular weight excluding hydrogens is 348 g/mol. The van der Waals surface area contributed by atoms with Gasteiger partial charge in [-0.2, -0.15) is 0 Å². The Balaban J connectivity index is 1.59. The van der Waals surface area contributed by atoms with Gasteiger partial charge in [-0.1, -0.05) is 19.8 Å². The van der Waals surface area contributed by atoms with Crippen LogP contribution in [0.25, 0.3) is 0 Å². The third-order valence-corrected chi connectivity index (χ3v) is 5.08. The van der Waals surface area contributed by atoms with Crippen LogP contribution in [0, 0.1) is 0 Å². The highest BCUT2D eigenvalue weighted by molar-refractivity contribution is 8.00. The van der Waals surface area contributed by atoms with Gasteiger partial charge in [-0.25, -0.2) is 0 Å². The van der Waals surface area contributed by atoms with Gasteiger partial charge in [-0.15, -0.1) is 11.8 Å². The van der Waals surface area contributed by atoms with Gasteiger partial charge in [0, 0.05) is 16.1 Å². The van der Waals surface area contributed by atoms with E-state index in [2.05, 4.69) is 17.6 Å². The number of nitrogens with one attached hydrogen (secondary N) is 2. The van der Waals surface area contributed by atoms with Crippen molar-refractivity contribution in [2.75, 3.05) is 23.0 Å². The average molecular weight is 370 g/mol. The maximum atomic E-state index is 12.4. The molecule has 0 aliphatic carbocycles. The van der Waals surface area contributed by atoms with E-state index in [0.717, 1.165) is 35.6 Å². The van der Waals surface area contributed by atoms with Crippen molar-refractivity contribution >= 4 is 35.0 Å². The van der Waals surface area contributed by atoms with Crippen molar-refractivity contribution in [1.82, 2.24) is 0 Å². The number of hydrogen-bond acceptors (Lipinski definition) is 4. The van der Waals surface area contributed by atoms with E-state index in [4.69, 9.17) is 4.74 Å². The molecule has 0 bridgehead atoms. The highest BCUT2D eigenvalue weighted by Crippen LogP contribution is 2.33. The number of ether oxygens (including phenoxy) is 1. The van der Waals surface area contributed by atoms with E-state index in [-0.39, 0.29) is 11.8 Å². The van der Waals surface area contributed by atoms with Gasteiger partial charge < -0.3 is 15.4 Å². The fraction of sp³-hybridized carbons (Fsp3) is 0.300. The second-order valence-electron chi connectivity index (χ2n) is 6.08. The van der Waals surface area contributed by atoms with Crippen LogP contribution in [0.1, 0.15) is 36.5 Å². The zero-order valence-corrected chi connectivity index (χ0v) is 15.5. The number of unbranched alkanes of at least 4 members (excludes halogenated alkanes) is 2. The van der Waals surface area contributed by atoms with Gasteiger partial charge in [0.25, 0.3) is 5.91 Å². The first-order valence-electron chi connectivity index (χ1n) is 8.76. The average Bonchev–Trinajstić information content (AvgIpc) is 2.65. The number of thioether (sulfide) groups is 1. The molecule has 26 heavy (non-hydrogen) atoms. The predicted molar refractivity (Wildman–Crippen MR) is 105 cm³/mol. The molecule has 2 amide bonds. The second-order valence-corrected chi connectivity index (χ2v) is 7.10. The summed E-state index contributed by atoms with van der Waals surface area (Å²) in [5.74, 6) is 0.968. The van der Waals surface area contributed by atoms with E-state index in [0.29, 0.717) is 23.6 Å². The normalized spacial score (nSPS) is 12.9. The summed E-state index contributed by atoms with van der Waals surface area (Å²) in [6, 6.07) is 12.6. The number of carbonyl (C=O) groups is 2. The summed E-state index contributed by atoms with van der Waals surface area (Å²) in [6.45, 7) is 2.85. The van der Waals surface area contributed by atoms with Crippen molar-refractivity contribution in [3.05, 3.63) is 48.0 Å². The molecular formula is C20H22N2O3S. The number of benzene rings is 2. The number of anilines is 2. The molecule has 0 saturated carbocycles. The summed E-state index contributed by atoms with van der Waals surface area (Å²) in [7, 11) is 0. The topological polar surface area (TPSA) is 67.4 Å². The van der Waals surface area contributed by atoms with Crippen molar-refractivity contribution in [1.29, 1.82) is 0 Å². The van der Waals surface area contributed by atoms with E-state index >= 15 is 0 Å². The number of carbonyl (C=O) groups excluding carboxylic acids is 2. The fourth-order valence-corrected chi connectivity index (χ4v) is 3.40. The summed E-state index contributed by atoms with van der Waals surface area (Å²) >= 11 is 1.49. The highest BCUT2D eigenvalue weighted by Gasteiger charge is 2.16. The van der Waals surface area contributed by atoms with Crippen LogP contribution < -0.4 is 15.4 Å². The third-order valence-electron chi connectivity index (χ3n) is 4.00. The minimum Gasteiger partial charge on any atom is -0.494 e. The Morgan fingerprint density at radius 2 is 2.00 bits per heavy atom. The zero-order valence-electron chi connectivity index (χ0n) is 14.7. The van der Waals surface area contributed by atoms with Crippen molar-refractivity contribution in [2.45, 2.75) is 31.1 Å². The van der Waals surface area contributed by atoms with Gasteiger partial charge in [-0.05, 0) is 48.9 Å². The Bertz CT molecular complexity index is 790. The number of hydrogen-bond donors (Lipinski definition) is 2. The molecule has 5 nitrogen and oxygen atoms in total. The Hall–Kier alpha value is -2.47. The number of rotatable bonds is 7. The van der Waals surface area contributed by atoms with E-state index in [1.165, 1.54) is 11.8 Å². The van der Waals surface area contributed by atoms with Crippen molar-refractivity contribution in [3.8, 4) is 5.75 Å². The minimum atomic E-state index is -0.197. The largest absolute Gasteiger partial charge is 0.494 e. The van der Waals surface area contributed by atoms with Crippen LogP contribution >= 0.6 is 11.8 Å². The van der Waals surface area contributed by atoms with Crippen molar-refractivity contribution in [3.63, 3.8) is 0 Å². The van der Waals surface area contributed by atoms with Gasteiger partial charge in [0.15, 0.2) is 0 Å². The van der Waals surface area contributed by atoms with Crippen molar-refractivity contribution in [2.24, 2.45) is 0 Å². The van der Waals surface area contributed by atoms with Crippen LogP contribution in [0.2, 0.25) is 0 Å². The van der Waals surface area contributed by atoms with Crippen molar-refractivity contribution < 1.29 is 14.3 Å². The molecule has 6 heteroatoms. The molecule has 2 aromatic carbocycles. The Morgan fingerprint density at radius 3 is 2.77 bits per heavy atom. The van der Waals surface area contributed by atoms with E-state index in [1.54, 1.807) is 18.2 Å². The van der Waals surface area contributed by atoms with Crippen LogP contribution in [0.15, 0.2) is 47.4 Å². The lowest BCUT2D eigenvalue weighted by Gasteiger charge is -2.17. The van der Waals surface area contributed by atoms with Gasteiger partial charge in [-0.3, -0.25) is 9.59 Å². The quantitative estimate of drug-likeness (QED) is 0.702. The minimum absolute atomic E-state index is 0.0273. The van der Waals surface area contributed by atoms with Gasteiger partial charge in [0.1, 0.15) is 5.75 Å². The lowest BCUT2D eigenvalue weighted by atomic mass is 10.2. The second kappa shape index (κ2) is 8.76. The van der Waals surface area contributed by atoms with E-state index in [1.807, 2.05) is 24.3 Å². The zero-order chi connectivity index (χ0) is 18.4. The standard InChI is InChI=1S/C20H22N2O3S/c1-2-3-4-11-25-16-8-5-14(6-9-16)20(24)21-15-7-10-18-17(12-15)22-19(23)13-26-18/h5-10,12H,2-4,11,13H2,1H3,(H,21,24)(H,22,23). The summed E-state index contributed by atoms with van der Waals surface area (Å²) in [5.41, 5.74) is 1.94. The maximum Gasteiger partial charge on any atom is 0.255 e. The SMILES string of the molecule is CCCCCOc1ccc(C(=O)Nc2ccc3c(c2)NC(=O)CS3)cc1. The summed E-state index contributed by atoms with van der Waals surface area (Å²) in [6.07, 6.45) is 3.35. The van der Waals surface area contributed by atoms with Crippen LogP contribution in [-0.4, -0.2) is 24.2 Å². The smallest absolute Gasteiger partial charge is 0.255 e. The molecule has 3 rings (SSSR count). The molecule has 0 spiro atoms. The van der Waals surface area contributed by atoms with Gasteiger partial charge >= 0.3 is 0 Å². The first kappa shape index (κ1) is 18.3. The molecule has 0 unspecified atom stereocenters. The van der Waals surface area contributed by atoms with Crippen LogP contribution in [0.4, 0.5) is 11.4 Å². The van der Waals surface area contributed by atoms with Crippen LogP contribution in [0.3, 0.4) is 0 Å². The van der Waals surface area contributed by atoms with Crippen LogP contribution in [-0.2, 0) is 4.79 Å².